The Balaban J connectivity index is 2.85. The molecule has 0 fully saturated rings. The quantitative estimate of drug-likeness (QED) is 0.890. The van der Waals surface area contributed by atoms with Crippen LogP contribution in [0.15, 0.2) is 24.3 Å². The number of nitrogens with one attached hydrogen (secondary N) is 1. The smallest absolute Gasteiger partial charge is 0.406 e. The van der Waals surface area contributed by atoms with E-state index in [1.165, 1.54) is 24.3 Å². The lowest BCUT2D eigenvalue weighted by atomic mass is 10.2. The SMILES string of the molecule is N#Cc1cccc(NC(=O)N(CC(=O)O)CC(F)(F)F)c1. The Bertz CT molecular complexity index is 581. The number of urea groups is 1. The van der Waals surface area contributed by atoms with Crippen LogP contribution in [0, 0.1) is 11.3 Å². The maximum absolute atomic E-state index is 12.3. The van der Waals surface area contributed by atoms with E-state index in [1.54, 1.807) is 6.07 Å². The minimum atomic E-state index is -4.72. The van der Waals surface area contributed by atoms with Gasteiger partial charge in [-0.1, -0.05) is 6.07 Å². The topological polar surface area (TPSA) is 93.4 Å². The van der Waals surface area contributed by atoms with Gasteiger partial charge in [-0.15, -0.1) is 0 Å². The van der Waals surface area contributed by atoms with Crippen LogP contribution in [0.4, 0.5) is 23.7 Å². The number of rotatable bonds is 4. The number of carboxylic acids is 1. The fourth-order valence-electron chi connectivity index (χ4n) is 1.45. The van der Waals surface area contributed by atoms with Crippen LogP contribution in [0.2, 0.25) is 0 Å². The van der Waals surface area contributed by atoms with E-state index in [4.69, 9.17) is 10.4 Å². The van der Waals surface area contributed by atoms with Crippen molar-refractivity contribution >= 4 is 17.7 Å². The highest BCUT2D eigenvalue weighted by Crippen LogP contribution is 2.17. The molecule has 0 saturated heterocycles. The molecule has 9 heteroatoms. The average molecular weight is 301 g/mol. The zero-order valence-corrected chi connectivity index (χ0v) is 10.5. The zero-order valence-electron chi connectivity index (χ0n) is 10.5. The average Bonchev–Trinajstić information content (AvgIpc) is 2.36. The fourth-order valence-corrected chi connectivity index (χ4v) is 1.45. The van der Waals surface area contributed by atoms with E-state index >= 15 is 0 Å². The van der Waals surface area contributed by atoms with Crippen LogP contribution in [0.3, 0.4) is 0 Å². The van der Waals surface area contributed by atoms with E-state index < -0.39 is 31.3 Å². The van der Waals surface area contributed by atoms with E-state index in [2.05, 4.69) is 5.32 Å². The van der Waals surface area contributed by atoms with Gasteiger partial charge in [0.2, 0.25) is 0 Å². The van der Waals surface area contributed by atoms with Crippen molar-refractivity contribution in [1.82, 2.24) is 4.90 Å². The first-order valence-electron chi connectivity index (χ1n) is 5.56. The molecule has 0 saturated carbocycles. The predicted octanol–water partition coefficient (Wildman–Crippen LogP) is 2.04. The van der Waals surface area contributed by atoms with Gasteiger partial charge in [0.05, 0.1) is 11.6 Å². The number of nitriles is 1. The Hall–Kier alpha value is -2.76. The van der Waals surface area contributed by atoms with Crippen LogP contribution >= 0.6 is 0 Å². The molecular weight excluding hydrogens is 291 g/mol. The summed E-state index contributed by atoms with van der Waals surface area (Å²) in [5.74, 6) is -1.57. The van der Waals surface area contributed by atoms with Gasteiger partial charge in [-0.25, -0.2) is 4.79 Å². The first kappa shape index (κ1) is 16.3. The number of alkyl halides is 3. The lowest BCUT2D eigenvalue weighted by Crippen LogP contribution is -2.44. The lowest BCUT2D eigenvalue weighted by Gasteiger charge is -2.22. The first-order valence-corrected chi connectivity index (χ1v) is 5.56. The molecule has 0 heterocycles. The molecule has 0 spiro atoms. The largest absolute Gasteiger partial charge is 0.480 e. The van der Waals surface area contributed by atoms with E-state index in [0.717, 1.165) is 0 Å². The molecule has 0 aromatic heterocycles. The Kier molecular flexibility index (Phi) is 5.12. The molecule has 0 atom stereocenters. The molecule has 1 rings (SSSR count). The van der Waals surface area contributed by atoms with Crippen molar-refractivity contribution in [3.8, 4) is 6.07 Å². The number of carbonyl (C=O) groups is 2. The summed E-state index contributed by atoms with van der Waals surface area (Å²) in [5.41, 5.74) is 0.296. The number of halogens is 3. The van der Waals surface area contributed by atoms with Gasteiger partial charge in [0, 0.05) is 5.69 Å². The molecule has 2 N–H and O–H groups in total. The Labute approximate surface area is 117 Å². The van der Waals surface area contributed by atoms with Gasteiger partial charge in [0.25, 0.3) is 0 Å². The van der Waals surface area contributed by atoms with Gasteiger partial charge in [0.15, 0.2) is 0 Å². The summed E-state index contributed by atoms with van der Waals surface area (Å²) in [6, 6.07) is 6.08. The zero-order chi connectivity index (χ0) is 16.0. The number of aliphatic carboxylic acids is 1. The van der Waals surface area contributed by atoms with Crippen molar-refractivity contribution in [1.29, 1.82) is 5.26 Å². The Morgan fingerprint density at radius 2 is 2.05 bits per heavy atom. The molecule has 0 aliphatic rings. The number of anilines is 1. The summed E-state index contributed by atoms with van der Waals surface area (Å²) in [5, 5.41) is 19.3. The summed E-state index contributed by atoms with van der Waals surface area (Å²) in [4.78, 5) is 22.3. The number of nitrogens with zero attached hydrogens (tertiary/aromatic N) is 2. The lowest BCUT2D eigenvalue weighted by molar-refractivity contribution is -0.148. The van der Waals surface area contributed by atoms with Crippen molar-refractivity contribution in [2.75, 3.05) is 18.4 Å². The number of amides is 2. The predicted molar refractivity (Wildman–Crippen MR) is 65.4 cm³/mol. The monoisotopic (exact) mass is 301 g/mol. The molecule has 0 bridgehead atoms. The van der Waals surface area contributed by atoms with Crippen LogP contribution in [0.25, 0.3) is 0 Å². The number of carboxylic acid groups (broad SMARTS) is 1. The van der Waals surface area contributed by atoms with E-state index in [0.29, 0.717) is 0 Å². The van der Waals surface area contributed by atoms with Crippen molar-refractivity contribution in [2.24, 2.45) is 0 Å². The molecule has 2 amide bonds. The normalized spacial score (nSPS) is 10.6. The van der Waals surface area contributed by atoms with E-state index in [1.807, 2.05) is 0 Å². The van der Waals surface area contributed by atoms with Crippen molar-refractivity contribution in [3.05, 3.63) is 29.8 Å². The van der Waals surface area contributed by atoms with Crippen LogP contribution in [0.5, 0.6) is 0 Å². The second-order valence-corrected chi connectivity index (χ2v) is 3.99. The number of carbonyl (C=O) groups excluding carboxylic acids is 1. The highest BCUT2D eigenvalue weighted by Gasteiger charge is 2.34. The third kappa shape index (κ3) is 5.82. The third-order valence-electron chi connectivity index (χ3n) is 2.23. The van der Waals surface area contributed by atoms with Gasteiger partial charge >= 0.3 is 18.2 Å². The third-order valence-corrected chi connectivity index (χ3v) is 2.23. The van der Waals surface area contributed by atoms with Crippen LogP contribution in [0.1, 0.15) is 5.56 Å². The Morgan fingerprint density at radius 1 is 1.38 bits per heavy atom. The van der Waals surface area contributed by atoms with Crippen molar-refractivity contribution in [2.45, 2.75) is 6.18 Å². The van der Waals surface area contributed by atoms with Crippen molar-refractivity contribution in [3.63, 3.8) is 0 Å². The summed E-state index contributed by atoms with van der Waals surface area (Å²) in [7, 11) is 0. The van der Waals surface area contributed by atoms with Crippen LogP contribution in [-0.4, -0.2) is 41.3 Å². The molecule has 0 aliphatic heterocycles. The van der Waals surface area contributed by atoms with Gasteiger partial charge in [-0.3, -0.25) is 4.79 Å². The summed E-state index contributed by atoms with van der Waals surface area (Å²) < 4.78 is 36.9. The minimum Gasteiger partial charge on any atom is -0.480 e. The van der Waals surface area contributed by atoms with Gasteiger partial charge in [0.1, 0.15) is 13.1 Å². The Morgan fingerprint density at radius 3 is 2.57 bits per heavy atom. The molecule has 0 radical (unpaired) electrons. The van der Waals surface area contributed by atoms with Crippen LogP contribution < -0.4 is 5.32 Å². The molecule has 21 heavy (non-hydrogen) atoms. The minimum absolute atomic E-state index is 0.0941. The fraction of sp³-hybridized carbons (Fsp3) is 0.250. The number of hydrogen-bond donors (Lipinski definition) is 2. The summed E-state index contributed by atoms with van der Waals surface area (Å²) in [6.45, 7) is -2.79. The van der Waals surface area contributed by atoms with Gasteiger partial charge < -0.3 is 15.3 Å². The highest BCUT2D eigenvalue weighted by molar-refractivity contribution is 5.91. The second-order valence-electron chi connectivity index (χ2n) is 3.99. The molecular formula is C12H10F3N3O3. The summed E-state index contributed by atoms with van der Waals surface area (Å²) in [6.07, 6.45) is -4.72. The van der Waals surface area contributed by atoms with Crippen molar-refractivity contribution < 1.29 is 27.9 Å². The molecule has 1 aromatic rings. The number of hydrogen-bond acceptors (Lipinski definition) is 3. The molecule has 112 valence electrons. The summed E-state index contributed by atoms with van der Waals surface area (Å²) >= 11 is 0. The maximum atomic E-state index is 12.3. The molecule has 0 aliphatic carbocycles. The molecule has 6 nitrogen and oxygen atoms in total. The van der Waals surface area contributed by atoms with Gasteiger partial charge in [-0.05, 0) is 18.2 Å². The molecule has 0 unspecified atom stereocenters. The number of benzene rings is 1. The first-order chi connectivity index (χ1) is 9.71. The van der Waals surface area contributed by atoms with Gasteiger partial charge in [-0.2, -0.15) is 18.4 Å². The van der Waals surface area contributed by atoms with E-state index in [-0.39, 0.29) is 16.2 Å². The van der Waals surface area contributed by atoms with Crippen LogP contribution in [-0.2, 0) is 4.79 Å². The second kappa shape index (κ2) is 6.60. The molecule has 1 aromatic carbocycles. The highest BCUT2D eigenvalue weighted by atomic mass is 19.4. The maximum Gasteiger partial charge on any atom is 0.406 e. The standard InChI is InChI=1S/C12H10F3N3O3/c13-12(14,15)7-18(6-10(19)20)11(21)17-9-3-1-2-8(4-9)5-16/h1-4H,6-7H2,(H,17,21)(H,19,20). The van der Waals surface area contributed by atoms with E-state index in [9.17, 15) is 22.8 Å².